The van der Waals surface area contributed by atoms with E-state index in [0.717, 1.165) is 22.2 Å². The van der Waals surface area contributed by atoms with Crippen molar-refractivity contribution >= 4 is 33.8 Å². The highest BCUT2D eigenvalue weighted by Crippen LogP contribution is 2.31. The van der Waals surface area contributed by atoms with Gasteiger partial charge in [0, 0.05) is 17.3 Å². The van der Waals surface area contributed by atoms with Crippen molar-refractivity contribution in [1.29, 1.82) is 5.26 Å². The number of aromatic carboxylic acids is 1. The fourth-order valence-corrected chi connectivity index (χ4v) is 3.91. The number of aryl methyl sites for hydroxylation is 1. The average Bonchev–Trinajstić information content (AvgIpc) is 3.35. The minimum absolute atomic E-state index is 0.147. The zero-order chi connectivity index (χ0) is 22.2. The Morgan fingerprint density at radius 1 is 1.16 bits per heavy atom. The van der Waals surface area contributed by atoms with E-state index in [0.29, 0.717) is 28.9 Å². The van der Waals surface area contributed by atoms with Gasteiger partial charge in [0.05, 0.1) is 46.8 Å². The second-order valence-corrected chi connectivity index (χ2v) is 7.50. The number of nitriles is 1. The van der Waals surface area contributed by atoms with E-state index in [9.17, 15) is 15.2 Å². The molecule has 0 aliphatic carbocycles. The fraction of sp³-hybridized carbons (Fsp3) is 0.0833. The zero-order valence-electron chi connectivity index (χ0n) is 17.1. The van der Waals surface area contributed by atoms with Crippen LogP contribution in [0.4, 0.5) is 11.4 Å². The number of carboxylic acid groups (broad SMARTS) is 1. The molecule has 0 radical (unpaired) electrons. The predicted octanol–water partition coefficient (Wildman–Crippen LogP) is 4.35. The highest BCUT2D eigenvalue weighted by molar-refractivity contribution is 5.96. The smallest absolute Gasteiger partial charge is 0.337 e. The molecule has 0 amide bonds. The van der Waals surface area contributed by atoms with Crippen LogP contribution in [-0.4, -0.2) is 30.5 Å². The monoisotopic (exact) mass is 422 g/mol. The molecule has 0 aliphatic heterocycles. The lowest BCUT2D eigenvalue weighted by molar-refractivity contribution is 0.0696. The van der Waals surface area contributed by atoms with Gasteiger partial charge in [-0.25, -0.2) is 9.31 Å². The number of nitrogens with one attached hydrogen (secondary N) is 1. The number of nitrogens with zero attached hydrogens (tertiary/aromatic N) is 5. The van der Waals surface area contributed by atoms with Crippen LogP contribution in [0.15, 0.2) is 67.1 Å². The first-order chi connectivity index (χ1) is 15.5. The van der Waals surface area contributed by atoms with Crippen LogP contribution in [0.1, 0.15) is 27.0 Å². The van der Waals surface area contributed by atoms with Crippen molar-refractivity contribution in [2.24, 2.45) is 0 Å². The van der Waals surface area contributed by atoms with Crippen LogP contribution < -0.4 is 5.32 Å². The maximum Gasteiger partial charge on any atom is 0.337 e. The van der Waals surface area contributed by atoms with Gasteiger partial charge < -0.3 is 10.4 Å². The molecule has 8 heteroatoms. The Bertz CT molecular complexity index is 1530. The number of carbonyl (C=O) groups is 1. The standard InChI is InChI=1S/C24H18N6O2/c1-15-20(24(31)32)14-30-23(15)22(18(10-25)12-27-30)28-19-7-8-21-17(9-19)11-26-29(21)13-16-5-3-2-4-6-16/h2-9,11-12,14,28H,13H2,1H3,(H,31,32). The van der Waals surface area contributed by atoms with Gasteiger partial charge >= 0.3 is 5.97 Å². The zero-order valence-corrected chi connectivity index (χ0v) is 17.1. The minimum Gasteiger partial charge on any atom is -0.478 e. The lowest BCUT2D eigenvalue weighted by Gasteiger charge is -2.11. The molecule has 0 atom stereocenters. The molecule has 3 aromatic heterocycles. The summed E-state index contributed by atoms with van der Waals surface area (Å²) in [6.07, 6.45) is 4.69. The number of fused-ring (bicyclic) bond motifs is 2. The van der Waals surface area contributed by atoms with Gasteiger partial charge in [0.15, 0.2) is 0 Å². The number of benzene rings is 2. The van der Waals surface area contributed by atoms with Gasteiger partial charge in [-0.05, 0) is 36.2 Å². The van der Waals surface area contributed by atoms with Crippen molar-refractivity contribution in [1.82, 2.24) is 19.4 Å². The molecule has 0 fully saturated rings. The quantitative estimate of drug-likeness (QED) is 0.436. The number of hydrogen-bond donors (Lipinski definition) is 2. The van der Waals surface area contributed by atoms with Crippen LogP contribution in [0, 0.1) is 18.3 Å². The van der Waals surface area contributed by atoms with Crippen LogP contribution in [0.3, 0.4) is 0 Å². The molecule has 5 aromatic rings. The Labute approximate surface area is 182 Å². The molecule has 0 aliphatic rings. The molecule has 2 N–H and O–H groups in total. The Morgan fingerprint density at radius 2 is 1.97 bits per heavy atom. The third-order valence-electron chi connectivity index (χ3n) is 5.49. The van der Waals surface area contributed by atoms with Crippen LogP contribution in [0.25, 0.3) is 16.4 Å². The van der Waals surface area contributed by atoms with Crippen molar-refractivity contribution in [3.63, 3.8) is 0 Å². The third-order valence-corrected chi connectivity index (χ3v) is 5.49. The first-order valence-electron chi connectivity index (χ1n) is 9.96. The molecule has 5 rings (SSSR count). The molecule has 0 saturated carbocycles. The summed E-state index contributed by atoms with van der Waals surface area (Å²) in [4.78, 5) is 11.6. The topological polar surface area (TPSA) is 108 Å². The number of rotatable bonds is 5. The summed E-state index contributed by atoms with van der Waals surface area (Å²) in [6.45, 7) is 2.38. The second kappa shape index (κ2) is 7.56. The van der Waals surface area contributed by atoms with E-state index < -0.39 is 5.97 Å². The highest BCUT2D eigenvalue weighted by Gasteiger charge is 2.19. The summed E-state index contributed by atoms with van der Waals surface area (Å²) in [5.74, 6) is -1.04. The Hall–Kier alpha value is -4.64. The van der Waals surface area contributed by atoms with Gasteiger partial charge in [0.1, 0.15) is 6.07 Å². The van der Waals surface area contributed by atoms with E-state index in [1.165, 1.54) is 16.9 Å². The van der Waals surface area contributed by atoms with E-state index in [1.807, 2.05) is 47.3 Å². The number of anilines is 2. The number of hydrogen-bond acceptors (Lipinski definition) is 5. The normalized spacial score (nSPS) is 11.0. The van der Waals surface area contributed by atoms with Crippen LogP contribution in [-0.2, 0) is 6.54 Å². The molecule has 0 saturated heterocycles. The molecule has 3 heterocycles. The first kappa shape index (κ1) is 19.3. The summed E-state index contributed by atoms with van der Waals surface area (Å²) >= 11 is 0. The predicted molar refractivity (Wildman–Crippen MR) is 120 cm³/mol. The van der Waals surface area contributed by atoms with E-state index in [-0.39, 0.29) is 5.56 Å². The van der Waals surface area contributed by atoms with Gasteiger partial charge in [-0.15, -0.1) is 0 Å². The van der Waals surface area contributed by atoms with Crippen LogP contribution in [0.2, 0.25) is 0 Å². The molecule has 0 spiro atoms. The molecule has 0 bridgehead atoms. The van der Waals surface area contributed by atoms with Crippen molar-refractivity contribution in [3.05, 3.63) is 89.4 Å². The van der Waals surface area contributed by atoms with E-state index in [1.54, 1.807) is 6.92 Å². The largest absolute Gasteiger partial charge is 0.478 e. The number of aromatic nitrogens is 4. The van der Waals surface area contributed by atoms with Gasteiger partial charge in [-0.2, -0.15) is 15.5 Å². The first-order valence-corrected chi connectivity index (χ1v) is 9.96. The van der Waals surface area contributed by atoms with E-state index in [2.05, 4.69) is 33.7 Å². The maximum atomic E-state index is 11.6. The Kier molecular flexibility index (Phi) is 4.57. The molecular formula is C24H18N6O2. The van der Waals surface area contributed by atoms with Gasteiger partial charge in [-0.3, -0.25) is 4.68 Å². The molecule has 0 unspecified atom stereocenters. The molecule has 32 heavy (non-hydrogen) atoms. The Morgan fingerprint density at radius 3 is 2.72 bits per heavy atom. The lowest BCUT2D eigenvalue weighted by atomic mass is 10.1. The Balaban J connectivity index is 1.55. The van der Waals surface area contributed by atoms with Crippen molar-refractivity contribution in [2.45, 2.75) is 13.5 Å². The van der Waals surface area contributed by atoms with Crippen LogP contribution >= 0.6 is 0 Å². The molecule has 156 valence electrons. The van der Waals surface area contributed by atoms with E-state index in [4.69, 9.17) is 0 Å². The summed E-state index contributed by atoms with van der Waals surface area (Å²) in [7, 11) is 0. The van der Waals surface area contributed by atoms with Crippen LogP contribution in [0.5, 0.6) is 0 Å². The highest BCUT2D eigenvalue weighted by atomic mass is 16.4. The number of carboxylic acids is 1. The lowest BCUT2D eigenvalue weighted by Crippen LogP contribution is -2.02. The summed E-state index contributed by atoms with van der Waals surface area (Å²) < 4.78 is 3.43. The fourth-order valence-electron chi connectivity index (χ4n) is 3.91. The maximum absolute atomic E-state index is 11.6. The van der Waals surface area contributed by atoms with Gasteiger partial charge in [0.2, 0.25) is 0 Å². The van der Waals surface area contributed by atoms with E-state index >= 15 is 0 Å². The third kappa shape index (κ3) is 3.22. The SMILES string of the molecule is Cc1c(C(=O)O)cn2ncc(C#N)c(Nc3ccc4c(cnn4Cc4ccccc4)c3)c12. The van der Waals surface area contributed by atoms with Crippen molar-refractivity contribution in [3.8, 4) is 6.07 Å². The second-order valence-electron chi connectivity index (χ2n) is 7.50. The summed E-state index contributed by atoms with van der Waals surface area (Å²) in [5.41, 5.74) is 5.01. The summed E-state index contributed by atoms with van der Waals surface area (Å²) in [6, 6.07) is 18.1. The van der Waals surface area contributed by atoms with Gasteiger partial charge in [0.25, 0.3) is 0 Å². The summed E-state index contributed by atoms with van der Waals surface area (Å²) in [5, 5.41) is 32.0. The molecular weight excluding hydrogens is 404 g/mol. The van der Waals surface area contributed by atoms with Crippen molar-refractivity contribution in [2.75, 3.05) is 5.32 Å². The van der Waals surface area contributed by atoms with Gasteiger partial charge in [-0.1, -0.05) is 30.3 Å². The molecule has 8 nitrogen and oxygen atoms in total. The minimum atomic E-state index is -1.04. The van der Waals surface area contributed by atoms with Crippen molar-refractivity contribution < 1.29 is 9.90 Å². The molecule has 2 aromatic carbocycles. The average molecular weight is 422 g/mol.